The summed E-state index contributed by atoms with van der Waals surface area (Å²) in [5.41, 5.74) is 2.33. The highest BCUT2D eigenvalue weighted by Crippen LogP contribution is 2.13. The summed E-state index contributed by atoms with van der Waals surface area (Å²) in [6, 6.07) is 9.46. The molecule has 1 heterocycles. The lowest BCUT2D eigenvalue weighted by Crippen LogP contribution is -2.16. The van der Waals surface area contributed by atoms with Crippen molar-refractivity contribution < 1.29 is 9.53 Å². The molecule has 2 rings (SSSR count). The highest BCUT2D eigenvalue weighted by molar-refractivity contribution is 6.03. The Morgan fingerprint density at radius 1 is 1.21 bits per heavy atom. The summed E-state index contributed by atoms with van der Waals surface area (Å²) in [6.07, 6.45) is 1.84. The number of benzene rings is 1. The number of rotatable bonds is 8. The molecule has 0 aliphatic carbocycles. The van der Waals surface area contributed by atoms with Crippen molar-refractivity contribution in [2.75, 3.05) is 30.9 Å². The predicted molar refractivity (Wildman–Crippen MR) is 95.5 cm³/mol. The molecule has 0 fully saturated rings. The van der Waals surface area contributed by atoms with E-state index in [1.807, 2.05) is 24.3 Å². The van der Waals surface area contributed by atoms with Crippen molar-refractivity contribution >= 4 is 17.4 Å². The van der Waals surface area contributed by atoms with Crippen LogP contribution in [0.3, 0.4) is 0 Å². The van der Waals surface area contributed by atoms with E-state index in [9.17, 15) is 4.79 Å². The van der Waals surface area contributed by atoms with E-state index in [4.69, 9.17) is 4.74 Å². The second-order valence-corrected chi connectivity index (χ2v) is 5.46. The number of anilines is 2. The molecule has 0 aliphatic rings. The fraction of sp³-hybridized carbons (Fsp3) is 0.389. The van der Waals surface area contributed by atoms with Crippen LogP contribution in [0.1, 0.15) is 35.2 Å². The maximum absolute atomic E-state index is 12.4. The molecule has 0 atom stereocenters. The van der Waals surface area contributed by atoms with Crippen molar-refractivity contribution in [3.63, 3.8) is 0 Å². The SMILES string of the molecule is CCc1ccc(NC(=O)c2cc(NCCCOC)nc(C)n2)cc1. The number of ether oxygens (including phenoxy) is 1. The number of aromatic nitrogens is 2. The first-order valence-corrected chi connectivity index (χ1v) is 8.11. The van der Waals surface area contributed by atoms with Crippen LogP contribution in [0.4, 0.5) is 11.5 Å². The Morgan fingerprint density at radius 3 is 2.62 bits per heavy atom. The van der Waals surface area contributed by atoms with Gasteiger partial charge in [0.05, 0.1) is 0 Å². The molecule has 0 spiro atoms. The number of hydrogen-bond acceptors (Lipinski definition) is 5. The van der Waals surface area contributed by atoms with E-state index in [1.54, 1.807) is 20.1 Å². The number of hydrogen-bond donors (Lipinski definition) is 2. The van der Waals surface area contributed by atoms with Gasteiger partial charge in [0.1, 0.15) is 17.3 Å². The van der Waals surface area contributed by atoms with Crippen molar-refractivity contribution in [3.05, 3.63) is 47.4 Å². The zero-order valence-corrected chi connectivity index (χ0v) is 14.4. The molecule has 0 radical (unpaired) electrons. The summed E-state index contributed by atoms with van der Waals surface area (Å²) in [4.78, 5) is 20.9. The standard InChI is InChI=1S/C18H24N4O2/c1-4-14-6-8-15(9-7-14)22-18(23)16-12-17(21-13(2)20-16)19-10-5-11-24-3/h6-9,12H,4-5,10-11H2,1-3H3,(H,22,23)(H,19,20,21). The van der Waals surface area contributed by atoms with Crippen molar-refractivity contribution in [3.8, 4) is 0 Å². The fourth-order valence-electron chi connectivity index (χ4n) is 2.23. The fourth-order valence-corrected chi connectivity index (χ4v) is 2.23. The van der Waals surface area contributed by atoms with E-state index >= 15 is 0 Å². The first-order valence-electron chi connectivity index (χ1n) is 8.11. The Kier molecular flexibility index (Phi) is 6.69. The molecule has 24 heavy (non-hydrogen) atoms. The molecule has 128 valence electrons. The Morgan fingerprint density at radius 2 is 1.96 bits per heavy atom. The Labute approximate surface area is 142 Å². The van der Waals surface area contributed by atoms with Crippen molar-refractivity contribution in [1.29, 1.82) is 0 Å². The molecule has 2 aromatic rings. The molecular weight excluding hydrogens is 304 g/mol. The summed E-state index contributed by atoms with van der Waals surface area (Å²) >= 11 is 0. The summed E-state index contributed by atoms with van der Waals surface area (Å²) in [5.74, 6) is 0.952. The summed E-state index contributed by atoms with van der Waals surface area (Å²) < 4.78 is 5.01. The maximum Gasteiger partial charge on any atom is 0.274 e. The zero-order chi connectivity index (χ0) is 17.4. The van der Waals surface area contributed by atoms with Gasteiger partial charge in [0.25, 0.3) is 5.91 Å². The first kappa shape index (κ1) is 17.9. The van der Waals surface area contributed by atoms with Crippen LogP contribution < -0.4 is 10.6 Å². The van der Waals surface area contributed by atoms with Crippen LogP contribution in [0.15, 0.2) is 30.3 Å². The highest BCUT2D eigenvalue weighted by atomic mass is 16.5. The van der Waals surface area contributed by atoms with E-state index in [0.717, 1.165) is 25.1 Å². The molecule has 0 saturated carbocycles. The third-order valence-electron chi connectivity index (χ3n) is 3.52. The number of carbonyl (C=O) groups is 1. The van der Waals surface area contributed by atoms with Gasteiger partial charge in [-0.15, -0.1) is 0 Å². The van der Waals surface area contributed by atoms with E-state index in [2.05, 4.69) is 27.5 Å². The van der Waals surface area contributed by atoms with Gasteiger partial charge in [0.15, 0.2) is 0 Å². The molecule has 0 bridgehead atoms. The predicted octanol–water partition coefficient (Wildman–Crippen LogP) is 3.05. The van der Waals surface area contributed by atoms with Crippen LogP contribution in [0.2, 0.25) is 0 Å². The lowest BCUT2D eigenvalue weighted by atomic mass is 10.1. The lowest BCUT2D eigenvalue weighted by molar-refractivity contribution is 0.102. The molecule has 2 N–H and O–H groups in total. The molecule has 0 aliphatic heterocycles. The van der Waals surface area contributed by atoms with Gasteiger partial charge >= 0.3 is 0 Å². The van der Waals surface area contributed by atoms with Gasteiger partial charge in [0, 0.05) is 32.0 Å². The molecule has 1 aromatic heterocycles. The minimum atomic E-state index is -0.246. The Bertz CT molecular complexity index is 671. The number of amides is 1. The van der Waals surface area contributed by atoms with E-state index in [-0.39, 0.29) is 5.91 Å². The lowest BCUT2D eigenvalue weighted by Gasteiger charge is -2.09. The van der Waals surface area contributed by atoms with Gasteiger partial charge in [-0.25, -0.2) is 9.97 Å². The maximum atomic E-state index is 12.4. The summed E-state index contributed by atoms with van der Waals surface area (Å²) in [5, 5.41) is 6.05. The quantitative estimate of drug-likeness (QED) is 0.728. The van der Waals surface area contributed by atoms with Gasteiger partial charge in [0.2, 0.25) is 0 Å². The second kappa shape index (κ2) is 8.98. The average Bonchev–Trinajstić information content (AvgIpc) is 2.59. The number of aryl methyl sites for hydroxylation is 2. The second-order valence-electron chi connectivity index (χ2n) is 5.46. The molecule has 0 unspecified atom stereocenters. The Hall–Kier alpha value is -2.47. The van der Waals surface area contributed by atoms with Crippen LogP contribution in [-0.2, 0) is 11.2 Å². The van der Waals surface area contributed by atoms with Crippen LogP contribution in [0.5, 0.6) is 0 Å². The third-order valence-corrected chi connectivity index (χ3v) is 3.52. The van der Waals surface area contributed by atoms with E-state index in [1.165, 1.54) is 5.56 Å². The molecule has 1 aromatic carbocycles. The summed E-state index contributed by atoms with van der Waals surface area (Å²) in [6.45, 7) is 5.27. The van der Waals surface area contributed by atoms with Gasteiger partial charge in [-0.1, -0.05) is 19.1 Å². The largest absolute Gasteiger partial charge is 0.385 e. The minimum Gasteiger partial charge on any atom is -0.385 e. The number of nitrogens with zero attached hydrogens (tertiary/aromatic N) is 2. The molecule has 0 saturated heterocycles. The van der Waals surface area contributed by atoms with Crippen molar-refractivity contribution in [2.45, 2.75) is 26.7 Å². The van der Waals surface area contributed by atoms with Gasteiger partial charge in [-0.3, -0.25) is 4.79 Å². The zero-order valence-electron chi connectivity index (χ0n) is 14.4. The Balaban J connectivity index is 2.03. The average molecular weight is 328 g/mol. The van der Waals surface area contributed by atoms with E-state index < -0.39 is 0 Å². The van der Waals surface area contributed by atoms with Crippen LogP contribution in [0, 0.1) is 6.92 Å². The minimum absolute atomic E-state index is 0.246. The number of methoxy groups -OCH3 is 1. The van der Waals surface area contributed by atoms with Crippen LogP contribution in [-0.4, -0.2) is 36.1 Å². The van der Waals surface area contributed by atoms with Crippen LogP contribution in [0.25, 0.3) is 0 Å². The molecular formula is C18H24N4O2. The van der Waals surface area contributed by atoms with Gasteiger partial charge in [-0.05, 0) is 37.5 Å². The number of carbonyl (C=O) groups excluding carboxylic acids is 1. The van der Waals surface area contributed by atoms with Gasteiger partial charge in [-0.2, -0.15) is 0 Å². The highest BCUT2D eigenvalue weighted by Gasteiger charge is 2.11. The molecule has 6 nitrogen and oxygen atoms in total. The monoisotopic (exact) mass is 328 g/mol. The molecule has 1 amide bonds. The molecule has 6 heteroatoms. The summed E-state index contributed by atoms with van der Waals surface area (Å²) in [7, 11) is 1.67. The van der Waals surface area contributed by atoms with Crippen LogP contribution >= 0.6 is 0 Å². The van der Waals surface area contributed by atoms with E-state index in [0.29, 0.717) is 23.9 Å². The smallest absolute Gasteiger partial charge is 0.274 e. The van der Waals surface area contributed by atoms with Crippen molar-refractivity contribution in [2.24, 2.45) is 0 Å². The first-order chi connectivity index (χ1) is 11.6. The topological polar surface area (TPSA) is 76.1 Å². The van der Waals surface area contributed by atoms with Gasteiger partial charge < -0.3 is 15.4 Å². The number of nitrogens with one attached hydrogen (secondary N) is 2. The third kappa shape index (κ3) is 5.31. The van der Waals surface area contributed by atoms with Crippen molar-refractivity contribution in [1.82, 2.24) is 9.97 Å². The normalized spacial score (nSPS) is 10.5.